The maximum absolute atomic E-state index is 13.5. The molecule has 0 aliphatic carbocycles. The molecule has 194 valence electrons. The van der Waals surface area contributed by atoms with E-state index in [4.69, 9.17) is 23.2 Å². The van der Waals surface area contributed by atoms with Crippen molar-refractivity contribution in [2.24, 2.45) is 0 Å². The van der Waals surface area contributed by atoms with E-state index in [2.05, 4.69) is 0 Å². The molecule has 4 aromatic rings. The molecule has 0 atom stereocenters. The summed E-state index contributed by atoms with van der Waals surface area (Å²) in [6, 6.07) is 17.3. The predicted molar refractivity (Wildman–Crippen MR) is 145 cm³/mol. The van der Waals surface area contributed by atoms with Gasteiger partial charge in [0.1, 0.15) is 11.5 Å². The highest BCUT2D eigenvalue weighted by Crippen LogP contribution is 2.34. The van der Waals surface area contributed by atoms with Crippen molar-refractivity contribution in [3.8, 4) is 0 Å². The second-order valence-corrected chi connectivity index (χ2v) is 9.71. The Morgan fingerprint density at radius 1 is 0.947 bits per heavy atom. The van der Waals surface area contributed by atoms with Crippen LogP contribution in [0.15, 0.2) is 71.5 Å². The van der Waals surface area contributed by atoms with Crippen LogP contribution in [0, 0.1) is 15.9 Å². The summed E-state index contributed by atoms with van der Waals surface area (Å²) in [5.74, 6) is -0.638. The smallest absolute Gasteiger partial charge is 0.357 e. The van der Waals surface area contributed by atoms with Crippen LogP contribution >= 0.6 is 23.2 Å². The van der Waals surface area contributed by atoms with Crippen LogP contribution in [0.2, 0.25) is 10.0 Å². The molecule has 1 aliphatic heterocycles. The van der Waals surface area contributed by atoms with E-state index in [1.54, 1.807) is 58.3 Å². The number of halogens is 3. The van der Waals surface area contributed by atoms with E-state index in [0.717, 1.165) is 0 Å². The molecule has 0 spiro atoms. The molecule has 1 amide bonds. The molecule has 3 aromatic carbocycles. The molecule has 11 heteroatoms. The van der Waals surface area contributed by atoms with Crippen LogP contribution in [0.1, 0.15) is 15.9 Å². The summed E-state index contributed by atoms with van der Waals surface area (Å²) in [4.78, 5) is 41.5. The molecule has 1 fully saturated rings. The minimum absolute atomic E-state index is 0.0483. The Morgan fingerprint density at radius 3 is 2.29 bits per heavy atom. The molecule has 0 saturated carbocycles. The highest BCUT2D eigenvalue weighted by atomic mass is 35.5. The number of piperazine rings is 1. The van der Waals surface area contributed by atoms with Gasteiger partial charge >= 0.3 is 11.2 Å². The van der Waals surface area contributed by atoms with Gasteiger partial charge in [-0.3, -0.25) is 24.3 Å². The maximum atomic E-state index is 13.5. The fourth-order valence-electron chi connectivity index (χ4n) is 4.73. The number of carbonyl (C=O) groups is 1. The molecule has 1 saturated heterocycles. The first kappa shape index (κ1) is 25.7. The van der Waals surface area contributed by atoms with Gasteiger partial charge in [0.2, 0.25) is 0 Å². The third kappa shape index (κ3) is 4.82. The number of amides is 1. The van der Waals surface area contributed by atoms with Crippen LogP contribution in [-0.2, 0) is 6.54 Å². The molecule has 8 nitrogen and oxygen atoms in total. The van der Waals surface area contributed by atoms with Crippen molar-refractivity contribution in [2.75, 3.05) is 31.1 Å². The summed E-state index contributed by atoms with van der Waals surface area (Å²) < 4.78 is 14.7. The highest BCUT2D eigenvalue weighted by molar-refractivity contribution is 6.42. The summed E-state index contributed by atoms with van der Waals surface area (Å²) in [6.07, 6.45) is 0. The number of fused-ring (bicyclic) bond motifs is 1. The summed E-state index contributed by atoms with van der Waals surface area (Å²) >= 11 is 12.0. The van der Waals surface area contributed by atoms with E-state index in [-0.39, 0.29) is 23.2 Å². The van der Waals surface area contributed by atoms with Gasteiger partial charge in [0.15, 0.2) is 0 Å². The Balaban J connectivity index is 1.50. The minimum atomic E-state index is -0.748. The quantitative estimate of drug-likeness (QED) is 0.244. The first-order valence-electron chi connectivity index (χ1n) is 11.8. The summed E-state index contributed by atoms with van der Waals surface area (Å²) in [5, 5.41) is 13.4. The second kappa shape index (κ2) is 10.4. The molecule has 2 heterocycles. The highest BCUT2D eigenvalue weighted by Gasteiger charge is 2.32. The first-order chi connectivity index (χ1) is 18.2. The van der Waals surface area contributed by atoms with Crippen molar-refractivity contribution in [3.63, 3.8) is 0 Å². The van der Waals surface area contributed by atoms with Crippen molar-refractivity contribution in [2.45, 2.75) is 6.54 Å². The van der Waals surface area contributed by atoms with Gasteiger partial charge < -0.3 is 9.80 Å². The standard InChI is InChI=1S/C27H21Cl2FN4O4/c28-21-10-7-18(15-22(21)29)26(35)32-13-11-31(12-14-32)24-20-3-1-2-4-23(20)33(27(36)25(24)34(37)38)16-17-5-8-19(30)9-6-17/h1-10,15H,11-14,16H2. The zero-order valence-corrected chi connectivity index (χ0v) is 21.5. The monoisotopic (exact) mass is 554 g/mol. The van der Waals surface area contributed by atoms with Gasteiger partial charge in [-0.2, -0.15) is 0 Å². The molecule has 1 aromatic heterocycles. The lowest BCUT2D eigenvalue weighted by Crippen LogP contribution is -2.49. The number of rotatable bonds is 5. The van der Waals surface area contributed by atoms with Gasteiger partial charge in [0.25, 0.3) is 5.91 Å². The zero-order valence-electron chi connectivity index (χ0n) is 19.9. The van der Waals surface area contributed by atoms with Crippen molar-refractivity contribution >= 4 is 51.4 Å². The number of hydrogen-bond acceptors (Lipinski definition) is 5. The van der Waals surface area contributed by atoms with E-state index in [1.807, 2.05) is 0 Å². The average molecular weight is 555 g/mol. The lowest BCUT2D eigenvalue weighted by Gasteiger charge is -2.36. The Morgan fingerprint density at radius 2 is 1.63 bits per heavy atom. The number of hydrogen-bond donors (Lipinski definition) is 0. The SMILES string of the molecule is O=C(c1ccc(Cl)c(Cl)c1)N1CCN(c2c([N+](=O)[O-])c(=O)n(Cc3ccc(F)cc3)c3ccccc23)CC1. The molecule has 0 unspecified atom stereocenters. The van der Waals surface area contributed by atoms with Gasteiger partial charge in [-0.05, 0) is 42.0 Å². The Bertz CT molecular complexity index is 1620. The third-order valence-electron chi connectivity index (χ3n) is 6.61. The van der Waals surface area contributed by atoms with Crippen molar-refractivity contribution in [1.82, 2.24) is 9.47 Å². The Hall–Kier alpha value is -3.95. The lowest BCUT2D eigenvalue weighted by molar-refractivity contribution is -0.385. The predicted octanol–water partition coefficient (Wildman–Crippen LogP) is 5.37. The molecule has 0 bridgehead atoms. The normalized spacial score (nSPS) is 13.7. The van der Waals surface area contributed by atoms with Gasteiger partial charge in [0.05, 0.1) is 27.0 Å². The van der Waals surface area contributed by atoms with E-state index in [9.17, 15) is 24.1 Å². The number of pyridine rings is 1. The fourth-order valence-corrected chi connectivity index (χ4v) is 5.03. The van der Waals surface area contributed by atoms with Crippen molar-refractivity contribution in [3.05, 3.63) is 114 Å². The van der Waals surface area contributed by atoms with E-state index >= 15 is 0 Å². The molecule has 0 N–H and O–H groups in total. The topological polar surface area (TPSA) is 88.7 Å². The summed E-state index contributed by atoms with van der Waals surface area (Å²) in [6.45, 7) is 1.22. The summed E-state index contributed by atoms with van der Waals surface area (Å²) in [7, 11) is 0. The zero-order chi connectivity index (χ0) is 27.0. The Kier molecular flexibility index (Phi) is 7.05. The van der Waals surface area contributed by atoms with Crippen LogP contribution in [0.4, 0.5) is 15.8 Å². The number of nitrogens with zero attached hydrogens (tertiary/aromatic N) is 4. The average Bonchev–Trinajstić information content (AvgIpc) is 2.92. The van der Waals surface area contributed by atoms with Crippen molar-refractivity contribution < 1.29 is 14.1 Å². The van der Waals surface area contributed by atoms with E-state index in [0.29, 0.717) is 53.2 Å². The minimum Gasteiger partial charge on any atom is -0.362 e. The molecule has 1 aliphatic rings. The van der Waals surface area contributed by atoms with E-state index in [1.165, 1.54) is 22.8 Å². The molecular formula is C27H21Cl2FN4O4. The van der Waals surface area contributed by atoms with Crippen LogP contribution < -0.4 is 10.5 Å². The van der Waals surface area contributed by atoms with Crippen LogP contribution in [0.3, 0.4) is 0 Å². The fraction of sp³-hybridized carbons (Fsp3) is 0.185. The van der Waals surface area contributed by atoms with Crippen LogP contribution in [0.5, 0.6) is 0 Å². The van der Waals surface area contributed by atoms with Crippen molar-refractivity contribution in [1.29, 1.82) is 0 Å². The summed E-state index contributed by atoms with van der Waals surface area (Å²) in [5.41, 5.74) is 0.504. The Labute approximate surface area is 226 Å². The number of aromatic nitrogens is 1. The molecular weight excluding hydrogens is 534 g/mol. The van der Waals surface area contributed by atoms with Gasteiger partial charge in [-0.15, -0.1) is 0 Å². The van der Waals surface area contributed by atoms with Gasteiger partial charge in [-0.25, -0.2) is 4.39 Å². The van der Waals surface area contributed by atoms with Crippen LogP contribution in [-0.4, -0.2) is 46.5 Å². The molecule has 5 rings (SSSR count). The second-order valence-electron chi connectivity index (χ2n) is 8.90. The number of anilines is 1. The maximum Gasteiger partial charge on any atom is 0.357 e. The largest absolute Gasteiger partial charge is 0.362 e. The van der Waals surface area contributed by atoms with Gasteiger partial charge in [0, 0.05) is 37.1 Å². The van der Waals surface area contributed by atoms with E-state index < -0.39 is 22.0 Å². The first-order valence-corrected chi connectivity index (χ1v) is 12.5. The third-order valence-corrected chi connectivity index (χ3v) is 7.35. The number of para-hydroxylation sites is 1. The number of carbonyl (C=O) groups excluding carboxylic acids is 1. The van der Waals surface area contributed by atoms with Gasteiger partial charge in [-0.1, -0.05) is 53.5 Å². The molecule has 0 radical (unpaired) electrons. The molecule has 38 heavy (non-hydrogen) atoms. The number of benzene rings is 3. The van der Waals surface area contributed by atoms with Crippen LogP contribution in [0.25, 0.3) is 10.9 Å². The number of nitro groups is 1. The lowest BCUT2D eigenvalue weighted by atomic mass is 10.1.